The highest BCUT2D eigenvalue weighted by Gasteiger charge is 2.29. The first-order chi connectivity index (χ1) is 16.8. The van der Waals surface area contributed by atoms with Crippen LogP contribution in [0.15, 0.2) is 77.7 Å². The summed E-state index contributed by atoms with van der Waals surface area (Å²) in [6, 6.07) is 20.8. The molecule has 0 fully saturated rings. The Morgan fingerprint density at radius 3 is 2.49 bits per heavy atom. The van der Waals surface area contributed by atoms with Crippen LogP contribution in [-0.2, 0) is 23.5 Å². The molecule has 0 bridgehead atoms. The smallest absolute Gasteiger partial charge is 0.387 e. The third kappa shape index (κ3) is 4.69. The van der Waals surface area contributed by atoms with Crippen LogP contribution in [0.5, 0.6) is 5.75 Å². The minimum atomic E-state index is -3.90. The summed E-state index contributed by atoms with van der Waals surface area (Å²) in [6.45, 7) is -2.91. The Bertz CT molecular complexity index is 1520. The van der Waals surface area contributed by atoms with Gasteiger partial charge in [0.1, 0.15) is 17.6 Å². The second-order valence-electron chi connectivity index (χ2n) is 8.33. The number of sulfonamides is 1. The second kappa shape index (κ2) is 9.24. The van der Waals surface area contributed by atoms with Crippen molar-refractivity contribution in [2.75, 3.05) is 0 Å². The number of aromatic nitrogens is 2. The van der Waals surface area contributed by atoms with E-state index in [0.717, 1.165) is 22.2 Å². The lowest BCUT2D eigenvalue weighted by Gasteiger charge is -2.22. The van der Waals surface area contributed by atoms with Crippen molar-refractivity contribution in [3.05, 3.63) is 100 Å². The topological polar surface area (TPSA) is 73.2 Å². The number of para-hydroxylation sites is 2. The maximum atomic E-state index is 13.6. The molecule has 1 atom stereocenters. The quantitative estimate of drug-likeness (QED) is 0.384. The molecule has 1 aliphatic rings. The van der Waals surface area contributed by atoms with Crippen molar-refractivity contribution in [2.45, 2.75) is 25.5 Å². The van der Waals surface area contributed by atoms with E-state index in [-0.39, 0.29) is 17.1 Å². The van der Waals surface area contributed by atoms with Gasteiger partial charge < -0.3 is 9.30 Å². The molecule has 0 radical (unpaired) electrons. The Morgan fingerprint density at radius 1 is 1.00 bits per heavy atom. The van der Waals surface area contributed by atoms with Gasteiger partial charge in [0.2, 0.25) is 10.0 Å². The predicted octanol–water partition coefficient (Wildman–Crippen LogP) is 5.17. The molecule has 0 saturated heterocycles. The van der Waals surface area contributed by atoms with Crippen LogP contribution in [0.4, 0.5) is 8.78 Å². The van der Waals surface area contributed by atoms with Crippen LogP contribution < -0.4 is 9.46 Å². The molecule has 0 aliphatic heterocycles. The van der Waals surface area contributed by atoms with Gasteiger partial charge >= 0.3 is 6.61 Å². The van der Waals surface area contributed by atoms with Crippen LogP contribution in [0, 0.1) is 0 Å². The van der Waals surface area contributed by atoms with Gasteiger partial charge in [0.05, 0.1) is 15.9 Å². The van der Waals surface area contributed by atoms with Crippen LogP contribution in [0.3, 0.4) is 0 Å². The third-order valence-corrected chi connectivity index (χ3v) is 7.69. The summed E-state index contributed by atoms with van der Waals surface area (Å²) in [7, 11) is -2.03. The molecular formula is C26H23F2N3O3S. The molecular weight excluding hydrogens is 472 g/mol. The number of imidazole rings is 1. The van der Waals surface area contributed by atoms with Crippen molar-refractivity contribution in [2.24, 2.45) is 7.05 Å². The molecule has 1 unspecified atom stereocenters. The van der Waals surface area contributed by atoms with Crippen LogP contribution >= 0.6 is 0 Å². The van der Waals surface area contributed by atoms with Gasteiger partial charge in [0, 0.05) is 7.05 Å². The van der Waals surface area contributed by atoms with Gasteiger partial charge in [-0.3, -0.25) is 0 Å². The number of hydrogen-bond donors (Lipinski definition) is 1. The van der Waals surface area contributed by atoms with Gasteiger partial charge in [-0.15, -0.1) is 0 Å². The fourth-order valence-electron chi connectivity index (χ4n) is 4.40. The second-order valence-corrected chi connectivity index (χ2v) is 10.1. The van der Waals surface area contributed by atoms with Gasteiger partial charge in [0.25, 0.3) is 0 Å². The number of fused-ring (bicyclic) bond motifs is 2. The van der Waals surface area contributed by atoms with E-state index in [1.54, 1.807) is 12.1 Å². The van der Waals surface area contributed by atoms with Gasteiger partial charge in [-0.2, -0.15) is 13.5 Å². The molecule has 1 N–H and O–H groups in total. The monoisotopic (exact) mass is 495 g/mol. The largest absolute Gasteiger partial charge is 0.435 e. The summed E-state index contributed by atoms with van der Waals surface area (Å²) >= 11 is 0. The fourth-order valence-corrected chi connectivity index (χ4v) is 5.76. The van der Waals surface area contributed by atoms with Crippen LogP contribution in [0.2, 0.25) is 0 Å². The fraction of sp³-hybridized carbons (Fsp3) is 0.192. The minimum absolute atomic E-state index is 0.0579. The predicted molar refractivity (Wildman–Crippen MR) is 130 cm³/mol. The molecule has 4 aromatic rings. The molecule has 5 rings (SSSR count). The number of aryl methyl sites for hydroxylation is 2. The van der Waals surface area contributed by atoms with Crippen LogP contribution in [0.1, 0.15) is 35.0 Å². The number of allylic oxidation sites excluding steroid dienone is 1. The van der Waals surface area contributed by atoms with E-state index in [0.29, 0.717) is 17.8 Å². The Hall–Kier alpha value is -3.56. The number of nitrogens with one attached hydrogen (secondary N) is 1. The Balaban J connectivity index is 1.51. The molecule has 180 valence electrons. The SMILES string of the molecule is Cn1c(C(NS(=O)(=O)C2=Cc3ccc(OC(F)F)cc3CC2)c2ccccc2)nc2ccccc21. The number of benzene rings is 3. The van der Waals surface area contributed by atoms with Crippen molar-refractivity contribution in [3.63, 3.8) is 0 Å². The van der Waals surface area contributed by atoms with E-state index in [1.165, 1.54) is 12.1 Å². The standard InChI is InChI=1S/C26H23F2N3O3S/c1-31-23-10-6-5-9-22(23)29-25(31)24(17-7-3-2-4-8-17)30-35(32,33)21-14-12-18-15-20(34-26(27)28)13-11-19(18)16-21/h2-11,13,15-16,24,26,30H,12,14H2,1H3. The molecule has 9 heteroatoms. The molecule has 6 nitrogen and oxygen atoms in total. The van der Waals surface area contributed by atoms with E-state index < -0.39 is 22.7 Å². The zero-order valence-electron chi connectivity index (χ0n) is 18.9. The lowest BCUT2D eigenvalue weighted by molar-refractivity contribution is -0.0498. The Labute approximate surface area is 201 Å². The summed E-state index contributed by atoms with van der Waals surface area (Å²) in [6.07, 6.45) is 2.22. The van der Waals surface area contributed by atoms with Crippen LogP contribution in [-0.4, -0.2) is 24.6 Å². The molecule has 1 heterocycles. The number of ether oxygens (including phenoxy) is 1. The van der Waals surface area contributed by atoms with Crippen molar-refractivity contribution in [3.8, 4) is 5.75 Å². The summed E-state index contributed by atoms with van der Waals surface area (Å²) in [5.74, 6) is 0.633. The molecule has 3 aromatic carbocycles. The molecule has 0 saturated carbocycles. The summed E-state index contributed by atoms with van der Waals surface area (Å²) < 4.78 is 61.4. The van der Waals surface area contributed by atoms with Gasteiger partial charge in [0.15, 0.2) is 0 Å². The number of hydrogen-bond acceptors (Lipinski definition) is 4. The van der Waals surface area contributed by atoms with Crippen molar-refractivity contribution in [1.29, 1.82) is 0 Å². The average molecular weight is 496 g/mol. The lowest BCUT2D eigenvalue weighted by Crippen LogP contribution is -2.32. The average Bonchev–Trinajstić information content (AvgIpc) is 3.18. The van der Waals surface area contributed by atoms with E-state index in [2.05, 4.69) is 9.46 Å². The Kier molecular flexibility index (Phi) is 6.12. The van der Waals surface area contributed by atoms with Gasteiger partial charge in [-0.25, -0.2) is 13.4 Å². The highest BCUT2D eigenvalue weighted by Crippen LogP contribution is 2.32. The zero-order valence-corrected chi connectivity index (χ0v) is 19.7. The first-order valence-electron chi connectivity index (χ1n) is 11.1. The van der Waals surface area contributed by atoms with Crippen molar-refractivity contribution < 1.29 is 21.9 Å². The number of nitrogens with zero attached hydrogens (tertiary/aromatic N) is 2. The maximum Gasteiger partial charge on any atom is 0.387 e. The summed E-state index contributed by atoms with van der Waals surface area (Å²) in [5.41, 5.74) is 3.86. The molecule has 35 heavy (non-hydrogen) atoms. The molecule has 0 spiro atoms. The van der Waals surface area contributed by atoms with E-state index in [1.807, 2.05) is 66.2 Å². The van der Waals surface area contributed by atoms with Crippen molar-refractivity contribution >= 4 is 27.1 Å². The highest BCUT2D eigenvalue weighted by atomic mass is 32.2. The zero-order chi connectivity index (χ0) is 24.6. The number of rotatable bonds is 7. The van der Waals surface area contributed by atoms with E-state index in [9.17, 15) is 17.2 Å². The summed E-state index contributed by atoms with van der Waals surface area (Å²) in [5, 5.41) is 0. The van der Waals surface area contributed by atoms with E-state index >= 15 is 0 Å². The lowest BCUT2D eigenvalue weighted by atomic mass is 9.97. The molecule has 1 aliphatic carbocycles. The first kappa shape index (κ1) is 23.2. The van der Waals surface area contributed by atoms with Crippen molar-refractivity contribution in [1.82, 2.24) is 14.3 Å². The number of halogens is 2. The Morgan fingerprint density at radius 2 is 1.74 bits per heavy atom. The van der Waals surface area contributed by atoms with Crippen LogP contribution in [0.25, 0.3) is 17.1 Å². The normalized spacial score (nSPS) is 14.6. The van der Waals surface area contributed by atoms with Gasteiger partial charge in [-0.05, 0) is 59.9 Å². The van der Waals surface area contributed by atoms with Gasteiger partial charge in [-0.1, -0.05) is 48.5 Å². The first-order valence-corrected chi connectivity index (χ1v) is 12.6. The third-order valence-electron chi connectivity index (χ3n) is 6.13. The molecule has 0 amide bonds. The maximum absolute atomic E-state index is 13.6. The minimum Gasteiger partial charge on any atom is -0.435 e. The number of alkyl halides is 2. The highest BCUT2D eigenvalue weighted by molar-refractivity contribution is 7.93. The summed E-state index contributed by atoms with van der Waals surface area (Å²) in [4.78, 5) is 4.96. The molecule has 1 aromatic heterocycles. The van der Waals surface area contributed by atoms with E-state index in [4.69, 9.17) is 4.98 Å².